The zero-order valence-electron chi connectivity index (χ0n) is 12.6. The largest absolute Gasteiger partial charge is 0.436 e. The Morgan fingerprint density at radius 3 is 2.57 bits per heavy atom. The Hall–Kier alpha value is -1.84. The Bertz CT molecular complexity index is 722. The van der Waals surface area contributed by atoms with Crippen molar-refractivity contribution in [3.05, 3.63) is 33.8 Å². The molecule has 2 aromatic rings. The van der Waals surface area contributed by atoms with E-state index >= 15 is 0 Å². The van der Waals surface area contributed by atoms with E-state index in [4.69, 9.17) is 0 Å². The molecule has 0 saturated carbocycles. The Kier molecular flexibility index (Phi) is 4.83. The summed E-state index contributed by atoms with van der Waals surface area (Å²) in [6.07, 6.45) is -2.87. The molecule has 0 bridgehead atoms. The van der Waals surface area contributed by atoms with E-state index in [0.29, 0.717) is 12.2 Å². The van der Waals surface area contributed by atoms with E-state index < -0.39 is 23.8 Å². The summed E-state index contributed by atoms with van der Waals surface area (Å²) in [5.41, 5.74) is -0.707. The van der Waals surface area contributed by atoms with E-state index in [1.54, 1.807) is 23.9 Å². The molecule has 6 nitrogen and oxygen atoms in total. The Morgan fingerprint density at radius 1 is 1.43 bits per heavy atom. The van der Waals surface area contributed by atoms with Gasteiger partial charge in [0.25, 0.3) is 5.91 Å². The second-order valence-electron chi connectivity index (χ2n) is 4.92. The molecule has 1 N–H and O–H groups in total. The number of nitrogens with one attached hydrogen (secondary N) is 1. The summed E-state index contributed by atoms with van der Waals surface area (Å²) in [4.78, 5) is 12.3. The van der Waals surface area contributed by atoms with E-state index in [1.807, 2.05) is 6.92 Å². The van der Waals surface area contributed by atoms with Gasteiger partial charge in [-0.2, -0.15) is 23.4 Å². The lowest BCUT2D eigenvalue weighted by Gasteiger charge is -2.12. The first-order valence-corrected chi connectivity index (χ1v) is 7.58. The Balaban J connectivity index is 2.22. The van der Waals surface area contributed by atoms with E-state index in [2.05, 4.69) is 31.4 Å². The highest BCUT2D eigenvalue weighted by Gasteiger charge is 2.39. The summed E-state index contributed by atoms with van der Waals surface area (Å²) >= 11 is 2.82. The first-order valence-electron chi connectivity index (χ1n) is 6.79. The van der Waals surface area contributed by atoms with Crippen molar-refractivity contribution in [1.29, 1.82) is 0 Å². The molecule has 2 rings (SSSR count). The molecule has 0 aliphatic rings. The van der Waals surface area contributed by atoms with Gasteiger partial charge in [0, 0.05) is 19.8 Å². The molecule has 23 heavy (non-hydrogen) atoms. The standard InChI is InChI=1S/C13H15BrF3N5O/c1-4-22-6-5-8(19-22)7(2)18-12(23)10-9(14)11(13(15,16)17)20-21(10)3/h5-7H,4H2,1-3H3,(H,18,23). The summed E-state index contributed by atoms with van der Waals surface area (Å²) in [6.45, 7) is 4.31. The maximum Gasteiger partial charge on any atom is 0.436 e. The number of hydrogen-bond acceptors (Lipinski definition) is 3. The summed E-state index contributed by atoms with van der Waals surface area (Å²) < 4.78 is 40.7. The van der Waals surface area contributed by atoms with Crippen LogP contribution in [0.3, 0.4) is 0 Å². The molecule has 1 atom stereocenters. The normalized spacial score (nSPS) is 13.2. The molecule has 1 unspecified atom stereocenters. The quantitative estimate of drug-likeness (QED) is 0.868. The van der Waals surface area contributed by atoms with E-state index in [1.165, 1.54) is 7.05 Å². The molecular formula is C13H15BrF3N5O. The number of aryl methyl sites for hydroxylation is 2. The molecule has 0 fully saturated rings. The van der Waals surface area contributed by atoms with Gasteiger partial charge in [-0.25, -0.2) is 0 Å². The van der Waals surface area contributed by atoms with Gasteiger partial charge >= 0.3 is 6.18 Å². The number of alkyl halides is 3. The minimum Gasteiger partial charge on any atom is -0.343 e. The van der Waals surface area contributed by atoms with Gasteiger partial charge in [0.1, 0.15) is 5.69 Å². The maximum atomic E-state index is 12.8. The van der Waals surface area contributed by atoms with Crippen molar-refractivity contribution in [3.63, 3.8) is 0 Å². The second kappa shape index (κ2) is 6.34. The fraction of sp³-hybridized carbons (Fsp3) is 0.462. The van der Waals surface area contributed by atoms with Gasteiger partial charge in [0.15, 0.2) is 5.69 Å². The van der Waals surface area contributed by atoms with Crippen LogP contribution in [0, 0.1) is 0 Å². The van der Waals surface area contributed by atoms with Crippen molar-refractivity contribution in [2.45, 2.75) is 32.6 Å². The van der Waals surface area contributed by atoms with Crippen LogP contribution in [0.2, 0.25) is 0 Å². The van der Waals surface area contributed by atoms with Crippen molar-refractivity contribution in [2.75, 3.05) is 0 Å². The first-order chi connectivity index (χ1) is 10.6. The van der Waals surface area contributed by atoms with Gasteiger partial charge in [-0.05, 0) is 35.8 Å². The topological polar surface area (TPSA) is 64.7 Å². The van der Waals surface area contributed by atoms with Gasteiger partial charge in [-0.15, -0.1) is 0 Å². The summed E-state index contributed by atoms with van der Waals surface area (Å²) in [5.74, 6) is -0.666. The third-order valence-electron chi connectivity index (χ3n) is 3.25. The SMILES string of the molecule is CCn1ccc(C(C)NC(=O)c2c(Br)c(C(F)(F)F)nn2C)n1. The third-order valence-corrected chi connectivity index (χ3v) is 4.00. The van der Waals surface area contributed by atoms with Crippen LogP contribution in [0.15, 0.2) is 16.7 Å². The van der Waals surface area contributed by atoms with Crippen molar-refractivity contribution in [1.82, 2.24) is 24.9 Å². The third kappa shape index (κ3) is 3.57. The smallest absolute Gasteiger partial charge is 0.343 e. The number of carbonyl (C=O) groups excluding carboxylic acids is 1. The lowest BCUT2D eigenvalue weighted by molar-refractivity contribution is -0.142. The van der Waals surface area contributed by atoms with E-state index in [-0.39, 0.29) is 10.2 Å². The molecule has 0 aromatic carbocycles. The minimum atomic E-state index is -4.64. The van der Waals surface area contributed by atoms with Gasteiger partial charge in [0.05, 0.1) is 16.2 Å². The highest BCUT2D eigenvalue weighted by Crippen LogP contribution is 2.35. The number of rotatable bonds is 4. The second-order valence-corrected chi connectivity index (χ2v) is 5.72. The molecule has 2 aromatic heterocycles. The number of nitrogens with zero attached hydrogens (tertiary/aromatic N) is 4. The molecule has 0 aliphatic heterocycles. The fourth-order valence-electron chi connectivity index (χ4n) is 2.05. The molecular weight excluding hydrogens is 379 g/mol. The predicted molar refractivity (Wildman–Crippen MR) is 79.7 cm³/mol. The molecule has 126 valence electrons. The van der Waals surface area contributed by atoms with E-state index in [9.17, 15) is 18.0 Å². The average molecular weight is 394 g/mol. The molecule has 2 heterocycles. The van der Waals surface area contributed by atoms with Crippen LogP contribution in [-0.4, -0.2) is 25.5 Å². The summed E-state index contributed by atoms with van der Waals surface area (Å²) in [7, 11) is 1.28. The summed E-state index contributed by atoms with van der Waals surface area (Å²) in [5, 5.41) is 10.2. The van der Waals surface area contributed by atoms with Gasteiger partial charge in [-0.1, -0.05) is 0 Å². The molecule has 0 spiro atoms. The minimum absolute atomic E-state index is 0.195. The molecule has 1 amide bonds. The number of hydrogen-bond donors (Lipinski definition) is 1. The van der Waals surface area contributed by atoms with Crippen LogP contribution in [0.1, 0.15) is 41.8 Å². The monoisotopic (exact) mass is 393 g/mol. The molecule has 10 heteroatoms. The first kappa shape index (κ1) is 17.5. The van der Waals surface area contributed by atoms with Crippen LogP contribution in [0.4, 0.5) is 13.2 Å². The van der Waals surface area contributed by atoms with Gasteiger partial charge in [-0.3, -0.25) is 14.2 Å². The molecule has 0 saturated heterocycles. The summed E-state index contributed by atoms with van der Waals surface area (Å²) in [6, 6.07) is 1.29. The van der Waals surface area contributed by atoms with Crippen LogP contribution in [-0.2, 0) is 19.8 Å². The molecule has 0 radical (unpaired) electrons. The zero-order chi connectivity index (χ0) is 17.4. The predicted octanol–water partition coefficient (Wildman–Crippen LogP) is 2.91. The number of carbonyl (C=O) groups is 1. The zero-order valence-corrected chi connectivity index (χ0v) is 14.2. The van der Waals surface area contributed by atoms with Crippen LogP contribution < -0.4 is 5.32 Å². The van der Waals surface area contributed by atoms with Crippen LogP contribution in [0.25, 0.3) is 0 Å². The van der Waals surface area contributed by atoms with Crippen LogP contribution >= 0.6 is 15.9 Å². The van der Waals surface area contributed by atoms with E-state index in [0.717, 1.165) is 4.68 Å². The highest BCUT2D eigenvalue weighted by molar-refractivity contribution is 9.10. The number of amides is 1. The Labute approximate surface area is 138 Å². The van der Waals surface area contributed by atoms with Crippen molar-refractivity contribution < 1.29 is 18.0 Å². The molecule has 0 aliphatic carbocycles. The van der Waals surface area contributed by atoms with Crippen molar-refractivity contribution >= 4 is 21.8 Å². The van der Waals surface area contributed by atoms with Crippen molar-refractivity contribution in [2.24, 2.45) is 7.05 Å². The van der Waals surface area contributed by atoms with Crippen LogP contribution in [0.5, 0.6) is 0 Å². The maximum absolute atomic E-state index is 12.8. The van der Waals surface area contributed by atoms with Crippen molar-refractivity contribution in [3.8, 4) is 0 Å². The lowest BCUT2D eigenvalue weighted by Crippen LogP contribution is -2.29. The average Bonchev–Trinajstić information content (AvgIpc) is 3.02. The van der Waals surface area contributed by atoms with Gasteiger partial charge < -0.3 is 5.32 Å². The van der Waals surface area contributed by atoms with Gasteiger partial charge in [0.2, 0.25) is 0 Å². The fourth-order valence-corrected chi connectivity index (χ4v) is 2.79. The number of halogens is 4. The Morgan fingerprint density at radius 2 is 2.09 bits per heavy atom. The number of aromatic nitrogens is 4. The lowest BCUT2D eigenvalue weighted by atomic mass is 10.2. The highest BCUT2D eigenvalue weighted by atomic mass is 79.9.